The Bertz CT molecular complexity index is 623. The molecule has 0 fully saturated rings. The summed E-state index contributed by atoms with van der Waals surface area (Å²) in [7, 11) is 1.63. The third kappa shape index (κ3) is 3.30. The molecular formula is C16H15Cl2F2N. The van der Waals surface area contributed by atoms with Crippen LogP contribution in [0.4, 0.5) is 14.5 Å². The van der Waals surface area contributed by atoms with Crippen LogP contribution in [-0.2, 0) is 5.88 Å². The van der Waals surface area contributed by atoms with E-state index >= 15 is 0 Å². The summed E-state index contributed by atoms with van der Waals surface area (Å²) in [6.07, 6.45) is 0. The van der Waals surface area contributed by atoms with Crippen LogP contribution in [-0.4, -0.2) is 7.05 Å². The number of nitrogens with zero attached hydrogens (tertiary/aromatic N) is 1. The highest BCUT2D eigenvalue weighted by Crippen LogP contribution is 2.33. The lowest BCUT2D eigenvalue weighted by Crippen LogP contribution is -2.24. The number of halogens is 4. The zero-order valence-corrected chi connectivity index (χ0v) is 13.2. The van der Waals surface area contributed by atoms with Gasteiger partial charge >= 0.3 is 0 Å². The van der Waals surface area contributed by atoms with Gasteiger partial charge in [-0.3, -0.25) is 0 Å². The molecule has 0 heterocycles. The Balaban J connectivity index is 2.40. The standard InChI is InChI=1S/C16H15Cl2F2N/c1-10(12-5-3-4-6-13(12)18)21(2)16-14(19)7-11(9-17)8-15(16)20/h3-8,10H,9H2,1-2H3. The van der Waals surface area contributed by atoms with Crippen LogP contribution in [0.5, 0.6) is 0 Å². The molecule has 0 aliphatic carbocycles. The van der Waals surface area contributed by atoms with Crippen molar-refractivity contribution in [3.05, 3.63) is 64.2 Å². The number of hydrogen-bond acceptors (Lipinski definition) is 1. The largest absolute Gasteiger partial charge is 0.363 e. The molecule has 0 bridgehead atoms. The van der Waals surface area contributed by atoms with Gasteiger partial charge in [0.15, 0.2) is 0 Å². The Morgan fingerprint density at radius 3 is 2.24 bits per heavy atom. The molecule has 0 saturated carbocycles. The van der Waals surface area contributed by atoms with Crippen LogP contribution in [0.1, 0.15) is 24.1 Å². The van der Waals surface area contributed by atoms with E-state index in [2.05, 4.69) is 0 Å². The summed E-state index contributed by atoms with van der Waals surface area (Å²) in [5.41, 5.74) is 1.13. The fraction of sp³-hybridized carbons (Fsp3) is 0.250. The summed E-state index contributed by atoms with van der Waals surface area (Å²) in [4.78, 5) is 1.53. The van der Waals surface area contributed by atoms with Crippen molar-refractivity contribution in [2.75, 3.05) is 11.9 Å². The first-order valence-corrected chi connectivity index (χ1v) is 7.38. The number of alkyl halides is 1. The van der Waals surface area contributed by atoms with Crippen molar-refractivity contribution < 1.29 is 8.78 Å². The number of rotatable bonds is 4. The molecule has 112 valence electrons. The molecular weight excluding hydrogens is 315 g/mol. The van der Waals surface area contributed by atoms with Crippen LogP contribution < -0.4 is 4.90 Å². The number of anilines is 1. The fourth-order valence-corrected chi connectivity index (χ4v) is 2.70. The Hall–Kier alpha value is -1.32. The smallest absolute Gasteiger partial charge is 0.149 e. The summed E-state index contributed by atoms with van der Waals surface area (Å²) < 4.78 is 28.3. The number of hydrogen-bond donors (Lipinski definition) is 0. The van der Waals surface area contributed by atoms with Gasteiger partial charge in [0.2, 0.25) is 0 Å². The van der Waals surface area contributed by atoms with Gasteiger partial charge in [0.25, 0.3) is 0 Å². The Morgan fingerprint density at radius 1 is 1.14 bits per heavy atom. The van der Waals surface area contributed by atoms with E-state index in [9.17, 15) is 8.78 Å². The lowest BCUT2D eigenvalue weighted by Gasteiger charge is -2.29. The maximum absolute atomic E-state index is 14.2. The zero-order chi connectivity index (χ0) is 15.6. The Kier molecular flexibility index (Phi) is 5.07. The second-order valence-electron chi connectivity index (χ2n) is 4.85. The molecule has 2 rings (SSSR count). The SMILES string of the molecule is CC(c1ccccc1Cl)N(C)c1c(F)cc(CCl)cc1F. The third-order valence-corrected chi connectivity index (χ3v) is 4.17. The predicted molar refractivity (Wildman–Crippen MR) is 84.2 cm³/mol. The Morgan fingerprint density at radius 2 is 1.71 bits per heavy atom. The van der Waals surface area contributed by atoms with E-state index in [1.54, 1.807) is 13.1 Å². The van der Waals surface area contributed by atoms with Crippen LogP contribution in [0, 0.1) is 11.6 Å². The second-order valence-corrected chi connectivity index (χ2v) is 5.52. The maximum atomic E-state index is 14.2. The highest BCUT2D eigenvalue weighted by molar-refractivity contribution is 6.31. The van der Waals surface area contributed by atoms with Gasteiger partial charge in [0.1, 0.15) is 17.3 Å². The van der Waals surface area contributed by atoms with Gasteiger partial charge < -0.3 is 4.90 Å². The molecule has 0 aliphatic rings. The third-order valence-electron chi connectivity index (χ3n) is 3.52. The van der Waals surface area contributed by atoms with Gasteiger partial charge in [-0.2, -0.15) is 0 Å². The molecule has 1 nitrogen and oxygen atoms in total. The second kappa shape index (κ2) is 6.63. The van der Waals surface area contributed by atoms with Crippen molar-refractivity contribution in [1.82, 2.24) is 0 Å². The molecule has 0 saturated heterocycles. The highest BCUT2D eigenvalue weighted by atomic mass is 35.5. The molecule has 1 unspecified atom stereocenters. The summed E-state index contributed by atoms with van der Waals surface area (Å²) in [5, 5.41) is 0.565. The molecule has 0 amide bonds. The van der Waals surface area contributed by atoms with Gasteiger partial charge in [0.05, 0.1) is 6.04 Å². The van der Waals surface area contributed by atoms with Gasteiger partial charge in [-0.15, -0.1) is 11.6 Å². The van der Waals surface area contributed by atoms with Crippen molar-refractivity contribution in [3.63, 3.8) is 0 Å². The molecule has 0 aliphatic heterocycles. The van der Waals surface area contributed by atoms with Crippen LogP contribution in [0.3, 0.4) is 0 Å². The minimum atomic E-state index is -0.632. The average molecular weight is 330 g/mol. The van der Waals surface area contributed by atoms with E-state index in [4.69, 9.17) is 23.2 Å². The molecule has 0 N–H and O–H groups in total. The van der Waals surface area contributed by atoms with E-state index in [1.807, 2.05) is 25.1 Å². The molecule has 2 aromatic rings. The fourth-order valence-electron chi connectivity index (χ4n) is 2.25. The quantitative estimate of drug-likeness (QED) is 0.664. The van der Waals surface area contributed by atoms with E-state index in [0.717, 1.165) is 5.56 Å². The summed E-state index contributed by atoms with van der Waals surface area (Å²) in [6.45, 7) is 1.84. The maximum Gasteiger partial charge on any atom is 0.149 e. The summed E-state index contributed by atoms with van der Waals surface area (Å²) >= 11 is 11.8. The Labute approximate surface area is 133 Å². The van der Waals surface area contributed by atoms with Crippen molar-refractivity contribution in [2.45, 2.75) is 18.8 Å². The molecule has 21 heavy (non-hydrogen) atoms. The van der Waals surface area contributed by atoms with Gasteiger partial charge in [-0.25, -0.2) is 8.78 Å². The summed E-state index contributed by atoms with van der Waals surface area (Å²) in [6, 6.07) is 9.48. The van der Waals surface area contributed by atoms with E-state index in [-0.39, 0.29) is 17.6 Å². The lowest BCUT2D eigenvalue weighted by atomic mass is 10.1. The van der Waals surface area contributed by atoms with Gasteiger partial charge in [0, 0.05) is 18.0 Å². The van der Waals surface area contributed by atoms with Crippen LogP contribution >= 0.6 is 23.2 Å². The van der Waals surface area contributed by atoms with Crippen molar-refractivity contribution in [2.24, 2.45) is 0 Å². The van der Waals surface area contributed by atoms with Crippen molar-refractivity contribution in [3.8, 4) is 0 Å². The zero-order valence-electron chi connectivity index (χ0n) is 11.7. The summed E-state index contributed by atoms with van der Waals surface area (Å²) in [5.74, 6) is -1.20. The van der Waals surface area contributed by atoms with Gasteiger partial charge in [-0.05, 0) is 36.2 Å². The van der Waals surface area contributed by atoms with Crippen molar-refractivity contribution >= 4 is 28.9 Å². The topological polar surface area (TPSA) is 3.24 Å². The van der Waals surface area contributed by atoms with E-state index in [1.165, 1.54) is 17.0 Å². The minimum Gasteiger partial charge on any atom is -0.363 e. The first-order valence-electron chi connectivity index (χ1n) is 6.46. The molecule has 0 aromatic heterocycles. The van der Waals surface area contributed by atoms with E-state index < -0.39 is 11.6 Å². The molecule has 2 aromatic carbocycles. The predicted octanol–water partition coefficient (Wildman–Crippen LogP) is 5.55. The van der Waals surface area contributed by atoms with Crippen LogP contribution in [0.15, 0.2) is 36.4 Å². The molecule has 0 spiro atoms. The lowest BCUT2D eigenvalue weighted by molar-refractivity contribution is 0.564. The first kappa shape index (κ1) is 16.1. The molecule has 0 radical (unpaired) electrons. The van der Waals surface area contributed by atoms with Crippen LogP contribution in [0.2, 0.25) is 5.02 Å². The van der Waals surface area contributed by atoms with Gasteiger partial charge in [-0.1, -0.05) is 29.8 Å². The number of benzene rings is 2. The monoisotopic (exact) mass is 329 g/mol. The molecule has 5 heteroatoms. The minimum absolute atomic E-state index is 0.0674. The highest BCUT2D eigenvalue weighted by Gasteiger charge is 2.21. The van der Waals surface area contributed by atoms with E-state index in [0.29, 0.717) is 10.6 Å². The normalized spacial score (nSPS) is 12.3. The molecule has 1 atom stereocenters. The first-order chi connectivity index (χ1) is 9.95. The van der Waals surface area contributed by atoms with Crippen molar-refractivity contribution in [1.29, 1.82) is 0 Å². The van der Waals surface area contributed by atoms with Crippen LogP contribution in [0.25, 0.3) is 0 Å². The average Bonchev–Trinajstić information content (AvgIpc) is 2.46.